The number of pyridine rings is 1. The van der Waals surface area contributed by atoms with Gasteiger partial charge in [-0.15, -0.1) is 0 Å². The maximum absolute atomic E-state index is 12.6. The SMILES string of the molecule is NC(=O)C1CCN(C(=O)c2ccnc(OC3CCOCC3)c2)CC1. The number of hydrogen-bond donors (Lipinski definition) is 1. The molecule has 0 aromatic carbocycles. The average Bonchev–Trinajstić information content (AvgIpc) is 2.62. The van der Waals surface area contributed by atoms with E-state index < -0.39 is 0 Å². The molecular formula is C17H23N3O4. The summed E-state index contributed by atoms with van der Waals surface area (Å²) in [6, 6.07) is 3.39. The third kappa shape index (κ3) is 4.03. The fraction of sp³-hybridized carbons (Fsp3) is 0.588. The van der Waals surface area contributed by atoms with Gasteiger partial charge in [-0.05, 0) is 18.9 Å². The van der Waals surface area contributed by atoms with E-state index >= 15 is 0 Å². The van der Waals surface area contributed by atoms with Crippen molar-refractivity contribution in [2.45, 2.75) is 31.8 Å². The lowest BCUT2D eigenvalue weighted by Crippen LogP contribution is -2.41. The lowest BCUT2D eigenvalue weighted by Gasteiger charge is -2.30. The third-order valence-corrected chi connectivity index (χ3v) is 4.62. The first-order valence-electron chi connectivity index (χ1n) is 8.42. The number of rotatable bonds is 4. The van der Waals surface area contributed by atoms with Crippen LogP contribution in [0.3, 0.4) is 0 Å². The van der Waals surface area contributed by atoms with Gasteiger partial charge in [0.05, 0.1) is 13.2 Å². The monoisotopic (exact) mass is 333 g/mol. The minimum atomic E-state index is -0.279. The van der Waals surface area contributed by atoms with E-state index in [1.807, 2.05) is 0 Å². The predicted molar refractivity (Wildman–Crippen MR) is 86.5 cm³/mol. The number of carbonyl (C=O) groups is 2. The van der Waals surface area contributed by atoms with Crippen LogP contribution in [0, 0.1) is 5.92 Å². The zero-order valence-electron chi connectivity index (χ0n) is 13.6. The number of nitrogens with zero attached hydrogens (tertiary/aromatic N) is 2. The van der Waals surface area contributed by atoms with Gasteiger partial charge >= 0.3 is 0 Å². The highest BCUT2D eigenvalue weighted by Gasteiger charge is 2.27. The molecular weight excluding hydrogens is 310 g/mol. The first-order chi connectivity index (χ1) is 11.6. The normalized spacial score (nSPS) is 19.9. The van der Waals surface area contributed by atoms with Crippen LogP contribution in [0.4, 0.5) is 0 Å². The number of carbonyl (C=O) groups excluding carboxylic acids is 2. The number of amides is 2. The number of nitrogens with two attached hydrogens (primary N) is 1. The Morgan fingerprint density at radius 1 is 1.21 bits per heavy atom. The van der Waals surface area contributed by atoms with Crippen molar-refractivity contribution in [2.75, 3.05) is 26.3 Å². The number of likely N-dealkylation sites (tertiary alicyclic amines) is 1. The summed E-state index contributed by atoms with van der Waals surface area (Å²) in [7, 11) is 0. The molecule has 0 saturated carbocycles. The van der Waals surface area contributed by atoms with Crippen LogP contribution in [0.15, 0.2) is 18.3 Å². The third-order valence-electron chi connectivity index (χ3n) is 4.62. The van der Waals surface area contributed by atoms with Crippen LogP contribution in [-0.4, -0.2) is 54.1 Å². The van der Waals surface area contributed by atoms with Gasteiger partial charge in [-0.3, -0.25) is 9.59 Å². The standard InChI is InChI=1S/C17H23N3O4/c18-16(21)12-2-7-20(8-3-12)17(22)13-1-6-19-15(11-13)24-14-4-9-23-10-5-14/h1,6,11-12,14H,2-5,7-10H2,(H2,18,21). The summed E-state index contributed by atoms with van der Waals surface area (Å²) in [5.74, 6) is 0.00832. The lowest BCUT2D eigenvalue weighted by molar-refractivity contribution is -0.123. The summed E-state index contributed by atoms with van der Waals surface area (Å²) in [5.41, 5.74) is 5.89. The van der Waals surface area contributed by atoms with Gasteiger partial charge < -0.3 is 20.1 Å². The van der Waals surface area contributed by atoms with Gasteiger partial charge in [0.15, 0.2) is 0 Å². The number of primary amides is 1. The molecule has 7 heteroatoms. The van der Waals surface area contributed by atoms with Gasteiger partial charge in [0.1, 0.15) is 6.10 Å². The Morgan fingerprint density at radius 2 is 1.92 bits per heavy atom. The Labute approximate surface area is 141 Å². The van der Waals surface area contributed by atoms with Gasteiger partial charge in [-0.25, -0.2) is 4.98 Å². The molecule has 0 bridgehead atoms. The second-order valence-electron chi connectivity index (χ2n) is 6.28. The van der Waals surface area contributed by atoms with Gasteiger partial charge in [-0.2, -0.15) is 0 Å². The fourth-order valence-electron chi connectivity index (χ4n) is 3.12. The second kappa shape index (κ2) is 7.61. The minimum Gasteiger partial charge on any atom is -0.474 e. The molecule has 0 spiro atoms. The summed E-state index contributed by atoms with van der Waals surface area (Å²) in [6.45, 7) is 2.48. The van der Waals surface area contributed by atoms with E-state index in [0.29, 0.717) is 50.6 Å². The van der Waals surface area contributed by atoms with Gasteiger partial charge in [-0.1, -0.05) is 0 Å². The maximum atomic E-state index is 12.6. The Bertz CT molecular complexity index is 593. The molecule has 1 aromatic rings. The largest absolute Gasteiger partial charge is 0.474 e. The smallest absolute Gasteiger partial charge is 0.254 e. The van der Waals surface area contributed by atoms with E-state index in [4.69, 9.17) is 15.2 Å². The van der Waals surface area contributed by atoms with Gasteiger partial charge in [0.25, 0.3) is 5.91 Å². The number of hydrogen-bond acceptors (Lipinski definition) is 5. The molecule has 1 aromatic heterocycles. The number of ether oxygens (including phenoxy) is 2. The molecule has 2 aliphatic heterocycles. The number of aromatic nitrogens is 1. The van der Waals surface area contributed by atoms with Crippen LogP contribution < -0.4 is 10.5 Å². The highest BCUT2D eigenvalue weighted by Crippen LogP contribution is 2.21. The van der Waals surface area contributed by atoms with Crippen molar-refractivity contribution in [1.82, 2.24) is 9.88 Å². The van der Waals surface area contributed by atoms with Crippen LogP contribution in [0.25, 0.3) is 0 Å². The van der Waals surface area contributed by atoms with Crippen LogP contribution in [-0.2, 0) is 9.53 Å². The topological polar surface area (TPSA) is 94.8 Å². The van der Waals surface area contributed by atoms with E-state index in [2.05, 4.69) is 4.98 Å². The quantitative estimate of drug-likeness (QED) is 0.886. The second-order valence-corrected chi connectivity index (χ2v) is 6.28. The molecule has 0 radical (unpaired) electrons. The molecule has 2 N–H and O–H groups in total. The molecule has 3 heterocycles. The maximum Gasteiger partial charge on any atom is 0.254 e. The fourth-order valence-corrected chi connectivity index (χ4v) is 3.12. The van der Waals surface area contributed by atoms with Crippen molar-refractivity contribution in [3.63, 3.8) is 0 Å². The van der Waals surface area contributed by atoms with Crippen LogP contribution in [0.2, 0.25) is 0 Å². The highest BCUT2D eigenvalue weighted by molar-refractivity contribution is 5.94. The van der Waals surface area contributed by atoms with E-state index in [-0.39, 0.29) is 23.8 Å². The molecule has 0 atom stereocenters. The molecule has 0 aliphatic carbocycles. The first kappa shape index (κ1) is 16.7. The van der Waals surface area contributed by atoms with Crippen molar-refractivity contribution in [3.8, 4) is 5.88 Å². The predicted octanol–water partition coefficient (Wildman–Crippen LogP) is 0.977. The summed E-state index contributed by atoms with van der Waals surface area (Å²) >= 11 is 0. The Balaban J connectivity index is 1.61. The Morgan fingerprint density at radius 3 is 2.58 bits per heavy atom. The van der Waals surface area contributed by atoms with E-state index in [1.165, 1.54) is 0 Å². The van der Waals surface area contributed by atoms with E-state index in [1.54, 1.807) is 23.2 Å². The zero-order chi connectivity index (χ0) is 16.9. The van der Waals surface area contributed by atoms with Crippen LogP contribution >= 0.6 is 0 Å². The van der Waals surface area contributed by atoms with Crippen LogP contribution in [0.5, 0.6) is 5.88 Å². The van der Waals surface area contributed by atoms with Crippen molar-refractivity contribution >= 4 is 11.8 Å². The van der Waals surface area contributed by atoms with Gasteiger partial charge in [0, 0.05) is 49.7 Å². The molecule has 24 heavy (non-hydrogen) atoms. The van der Waals surface area contributed by atoms with E-state index in [9.17, 15) is 9.59 Å². The molecule has 2 fully saturated rings. The molecule has 2 aliphatic rings. The molecule has 2 saturated heterocycles. The van der Waals surface area contributed by atoms with Crippen molar-refractivity contribution in [1.29, 1.82) is 0 Å². The highest BCUT2D eigenvalue weighted by atomic mass is 16.5. The summed E-state index contributed by atoms with van der Waals surface area (Å²) in [4.78, 5) is 29.8. The molecule has 0 unspecified atom stereocenters. The van der Waals surface area contributed by atoms with Crippen LogP contribution in [0.1, 0.15) is 36.0 Å². The summed E-state index contributed by atoms with van der Waals surface area (Å²) in [5, 5.41) is 0. The van der Waals surface area contributed by atoms with Crippen molar-refractivity contribution in [3.05, 3.63) is 23.9 Å². The van der Waals surface area contributed by atoms with E-state index in [0.717, 1.165) is 12.8 Å². The minimum absolute atomic E-state index is 0.0582. The molecule has 3 rings (SSSR count). The summed E-state index contributed by atoms with van der Waals surface area (Å²) < 4.78 is 11.2. The Hall–Kier alpha value is -2.15. The van der Waals surface area contributed by atoms with Crippen molar-refractivity contribution in [2.24, 2.45) is 11.7 Å². The lowest BCUT2D eigenvalue weighted by atomic mass is 9.96. The molecule has 7 nitrogen and oxygen atoms in total. The molecule has 2 amide bonds. The summed E-state index contributed by atoms with van der Waals surface area (Å²) in [6.07, 6.45) is 4.59. The molecule has 130 valence electrons. The van der Waals surface area contributed by atoms with Gasteiger partial charge in [0.2, 0.25) is 11.8 Å². The average molecular weight is 333 g/mol. The van der Waals surface area contributed by atoms with Crippen molar-refractivity contribution < 1.29 is 19.1 Å². The number of piperidine rings is 1. The first-order valence-corrected chi connectivity index (χ1v) is 8.42. The Kier molecular flexibility index (Phi) is 5.30. The zero-order valence-corrected chi connectivity index (χ0v) is 13.6.